The van der Waals surface area contributed by atoms with E-state index in [0.717, 1.165) is 4.90 Å². The number of benzene rings is 2. The lowest BCUT2D eigenvalue weighted by atomic mass is 10.1. The van der Waals surface area contributed by atoms with Gasteiger partial charge >= 0.3 is 6.03 Å². The van der Waals surface area contributed by atoms with Crippen LogP contribution in [0.25, 0.3) is 6.08 Å². The third-order valence-corrected chi connectivity index (χ3v) is 4.64. The molecule has 1 N–H and O–H groups in total. The summed E-state index contributed by atoms with van der Waals surface area (Å²) in [5, 5.41) is 2.74. The quantitative estimate of drug-likeness (QED) is 0.602. The van der Waals surface area contributed by atoms with E-state index in [0.29, 0.717) is 16.3 Å². The summed E-state index contributed by atoms with van der Waals surface area (Å²) in [7, 11) is 2.88. The Morgan fingerprint density at radius 1 is 0.964 bits per heavy atom. The van der Waals surface area contributed by atoms with Crippen LogP contribution < -0.4 is 19.7 Å². The summed E-state index contributed by atoms with van der Waals surface area (Å²) in [6, 6.07) is 8.36. The van der Waals surface area contributed by atoms with Crippen molar-refractivity contribution in [2.24, 2.45) is 0 Å². The number of carbonyl (C=O) groups is 3. The Kier molecular flexibility index (Phi) is 5.58. The summed E-state index contributed by atoms with van der Waals surface area (Å²) in [6.45, 7) is 0. The molecule has 28 heavy (non-hydrogen) atoms. The van der Waals surface area contributed by atoms with Gasteiger partial charge in [-0.25, -0.2) is 9.69 Å². The number of ether oxygens (including phenoxy) is 2. The molecule has 3 rings (SSSR count). The van der Waals surface area contributed by atoms with E-state index < -0.39 is 17.8 Å². The second-order valence-electron chi connectivity index (χ2n) is 5.64. The van der Waals surface area contributed by atoms with E-state index in [1.54, 1.807) is 12.1 Å². The van der Waals surface area contributed by atoms with Crippen LogP contribution in [0.1, 0.15) is 5.56 Å². The normalized spacial score (nSPS) is 15.6. The largest absolute Gasteiger partial charge is 0.493 e. The Morgan fingerprint density at radius 2 is 1.64 bits per heavy atom. The number of amides is 4. The highest BCUT2D eigenvalue weighted by molar-refractivity contribution is 6.40. The highest BCUT2D eigenvalue weighted by Gasteiger charge is 2.37. The number of hydrogen-bond donors (Lipinski definition) is 1. The number of urea groups is 1. The molecule has 4 amide bonds. The fourth-order valence-corrected chi connectivity index (χ4v) is 3.07. The Balaban J connectivity index is 2.06. The molecular formula is C19H14Cl2N2O5. The number of nitrogens with one attached hydrogen (secondary N) is 1. The minimum absolute atomic E-state index is 0.157. The van der Waals surface area contributed by atoms with Gasteiger partial charge in [0.1, 0.15) is 5.57 Å². The topological polar surface area (TPSA) is 84.9 Å². The third kappa shape index (κ3) is 3.54. The highest BCUT2D eigenvalue weighted by Crippen LogP contribution is 2.38. The molecule has 1 aliphatic rings. The smallest absolute Gasteiger partial charge is 0.335 e. The van der Waals surface area contributed by atoms with Crippen LogP contribution in [-0.2, 0) is 9.59 Å². The van der Waals surface area contributed by atoms with E-state index in [2.05, 4.69) is 5.32 Å². The third-order valence-electron chi connectivity index (χ3n) is 4.00. The molecule has 0 bridgehead atoms. The van der Waals surface area contributed by atoms with E-state index in [9.17, 15) is 14.4 Å². The molecule has 2 aromatic carbocycles. The summed E-state index contributed by atoms with van der Waals surface area (Å²) < 4.78 is 10.4. The minimum atomic E-state index is -0.854. The van der Waals surface area contributed by atoms with E-state index in [1.165, 1.54) is 44.6 Å². The Labute approximate surface area is 170 Å². The van der Waals surface area contributed by atoms with Gasteiger partial charge in [-0.05, 0) is 48.0 Å². The van der Waals surface area contributed by atoms with Gasteiger partial charge in [-0.15, -0.1) is 0 Å². The number of nitrogens with zero attached hydrogens (tertiary/aromatic N) is 1. The molecule has 144 valence electrons. The first-order chi connectivity index (χ1) is 13.4. The molecule has 0 atom stereocenters. The van der Waals surface area contributed by atoms with E-state index >= 15 is 0 Å². The van der Waals surface area contributed by atoms with Crippen LogP contribution >= 0.6 is 23.2 Å². The number of carbonyl (C=O) groups excluding carboxylic acids is 3. The van der Waals surface area contributed by atoms with Crippen LogP contribution in [0.3, 0.4) is 0 Å². The molecule has 0 unspecified atom stereocenters. The maximum Gasteiger partial charge on any atom is 0.335 e. The summed E-state index contributed by atoms with van der Waals surface area (Å²) in [6.07, 6.45) is 1.29. The fourth-order valence-electron chi connectivity index (χ4n) is 2.65. The molecule has 1 saturated heterocycles. The Bertz CT molecular complexity index is 1000. The van der Waals surface area contributed by atoms with Crippen LogP contribution in [0, 0.1) is 0 Å². The summed E-state index contributed by atoms with van der Waals surface area (Å²) >= 11 is 12.2. The Hall–Kier alpha value is -3.03. The van der Waals surface area contributed by atoms with Gasteiger partial charge in [0, 0.05) is 5.02 Å². The zero-order valence-electron chi connectivity index (χ0n) is 14.8. The van der Waals surface area contributed by atoms with Crippen molar-refractivity contribution < 1.29 is 23.9 Å². The van der Waals surface area contributed by atoms with Gasteiger partial charge < -0.3 is 9.47 Å². The molecule has 0 aliphatic carbocycles. The molecule has 9 heteroatoms. The van der Waals surface area contributed by atoms with Crippen molar-refractivity contribution >= 4 is 52.8 Å². The van der Waals surface area contributed by atoms with Gasteiger partial charge in [0.25, 0.3) is 11.8 Å². The van der Waals surface area contributed by atoms with Crippen molar-refractivity contribution in [3.63, 3.8) is 0 Å². The zero-order valence-corrected chi connectivity index (χ0v) is 16.3. The van der Waals surface area contributed by atoms with Crippen LogP contribution in [0.5, 0.6) is 11.5 Å². The average molecular weight is 421 g/mol. The highest BCUT2D eigenvalue weighted by atomic mass is 35.5. The van der Waals surface area contributed by atoms with Crippen molar-refractivity contribution in [3.8, 4) is 11.5 Å². The van der Waals surface area contributed by atoms with Crippen molar-refractivity contribution in [1.29, 1.82) is 0 Å². The van der Waals surface area contributed by atoms with E-state index in [-0.39, 0.29) is 22.0 Å². The Morgan fingerprint density at radius 3 is 2.25 bits per heavy atom. The first-order valence-electron chi connectivity index (χ1n) is 7.95. The molecule has 0 spiro atoms. The predicted molar refractivity (Wildman–Crippen MR) is 105 cm³/mol. The minimum Gasteiger partial charge on any atom is -0.493 e. The maximum atomic E-state index is 12.9. The molecule has 1 fully saturated rings. The predicted octanol–water partition coefficient (Wildman–Crippen LogP) is 3.68. The second kappa shape index (κ2) is 7.92. The molecule has 1 heterocycles. The summed E-state index contributed by atoms with van der Waals surface area (Å²) in [4.78, 5) is 38.2. The second-order valence-corrected chi connectivity index (χ2v) is 6.45. The fraction of sp³-hybridized carbons (Fsp3) is 0.105. The van der Waals surface area contributed by atoms with Gasteiger partial charge in [-0.2, -0.15) is 0 Å². The molecule has 2 aromatic rings. The maximum absolute atomic E-state index is 12.9. The van der Waals surface area contributed by atoms with Crippen molar-refractivity contribution in [2.75, 3.05) is 19.1 Å². The van der Waals surface area contributed by atoms with Crippen LogP contribution in [0.15, 0.2) is 42.0 Å². The van der Waals surface area contributed by atoms with Crippen LogP contribution in [0.4, 0.5) is 10.5 Å². The van der Waals surface area contributed by atoms with Crippen LogP contribution in [0.2, 0.25) is 10.0 Å². The van der Waals surface area contributed by atoms with Gasteiger partial charge in [-0.1, -0.05) is 23.2 Å². The van der Waals surface area contributed by atoms with Gasteiger partial charge in [0.2, 0.25) is 0 Å². The lowest BCUT2D eigenvalue weighted by molar-refractivity contribution is -0.122. The SMILES string of the molecule is COc1ccc(C=C2C(=O)NC(=O)N(c3ccc(Cl)cc3)C2=O)c(Cl)c1OC. The van der Waals surface area contributed by atoms with Gasteiger partial charge in [0.15, 0.2) is 11.5 Å². The number of halogens is 2. The molecule has 0 saturated carbocycles. The zero-order chi connectivity index (χ0) is 20.4. The summed E-state index contributed by atoms with van der Waals surface area (Å²) in [5.41, 5.74) is 0.357. The number of rotatable bonds is 4. The molecular weight excluding hydrogens is 407 g/mol. The lowest BCUT2D eigenvalue weighted by Gasteiger charge is -2.26. The van der Waals surface area contributed by atoms with E-state index in [4.69, 9.17) is 32.7 Å². The van der Waals surface area contributed by atoms with Crippen LogP contribution in [-0.4, -0.2) is 32.1 Å². The monoisotopic (exact) mass is 420 g/mol. The van der Waals surface area contributed by atoms with Gasteiger partial charge in [-0.3, -0.25) is 14.9 Å². The average Bonchev–Trinajstić information content (AvgIpc) is 2.67. The number of imide groups is 2. The first-order valence-corrected chi connectivity index (χ1v) is 8.70. The standard InChI is InChI=1S/C19H14Cl2N2O5/c1-27-14-8-3-10(15(21)16(14)28-2)9-13-17(24)22-19(26)23(18(13)25)12-6-4-11(20)5-7-12/h3-9H,1-2H3,(H,22,24,26). The number of barbiturate groups is 1. The molecule has 7 nitrogen and oxygen atoms in total. The van der Waals surface area contributed by atoms with Crippen molar-refractivity contribution in [1.82, 2.24) is 5.32 Å². The number of anilines is 1. The summed E-state index contributed by atoms with van der Waals surface area (Å²) in [5.74, 6) is -0.965. The lowest BCUT2D eigenvalue weighted by Crippen LogP contribution is -2.54. The molecule has 0 radical (unpaired) electrons. The van der Waals surface area contributed by atoms with E-state index in [1.807, 2.05) is 0 Å². The van der Waals surface area contributed by atoms with Crippen molar-refractivity contribution in [3.05, 3.63) is 57.6 Å². The first kappa shape index (κ1) is 19.7. The number of methoxy groups -OCH3 is 2. The van der Waals surface area contributed by atoms with Gasteiger partial charge in [0.05, 0.1) is 24.9 Å². The number of hydrogen-bond acceptors (Lipinski definition) is 5. The molecule has 0 aromatic heterocycles. The van der Waals surface area contributed by atoms with Crippen molar-refractivity contribution in [2.45, 2.75) is 0 Å². The molecule has 1 aliphatic heterocycles.